The molecular formula is C24H32N4O5S. The number of rotatable bonds is 11. The molecule has 1 saturated heterocycles. The van der Waals surface area contributed by atoms with Crippen LogP contribution in [-0.2, 0) is 21.4 Å². The van der Waals surface area contributed by atoms with E-state index < -0.39 is 15.9 Å². The number of nitrogens with one attached hydrogen (secondary N) is 2. The maximum Gasteiger partial charge on any atom is 0.251 e. The third-order valence-electron chi connectivity index (χ3n) is 5.71. The van der Waals surface area contributed by atoms with Crippen LogP contribution in [0.4, 0.5) is 0 Å². The molecule has 184 valence electrons. The van der Waals surface area contributed by atoms with Gasteiger partial charge in [0.25, 0.3) is 5.91 Å². The fourth-order valence-electron chi connectivity index (χ4n) is 3.66. The van der Waals surface area contributed by atoms with E-state index in [9.17, 15) is 18.0 Å². The highest BCUT2D eigenvalue weighted by molar-refractivity contribution is 7.89. The Morgan fingerprint density at radius 2 is 1.91 bits per heavy atom. The van der Waals surface area contributed by atoms with E-state index in [1.807, 2.05) is 24.3 Å². The van der Waals surface area contributed by atoms with E-state index in [2.05, 4.69) is 29.4 Å². The predicted octanol–water partition coefficient (Wildman–Crippen LogP) is 1.46. The monoisotopic (exact) mass is 488 g/mol. The minimum absolute atomic E-state index is 0.0185. The molecule has 0 atom stereocenters. The third-order valence-corrected chi connectivity index (χ3v) is 7.55. The first-order valence-corrected chi connectivity index (χ1v) is 12.9. The second kappa shape index (κ2) is 12.0. The van der Waals surface area contributed by atoms with Crippen molar-refractivity contribution in [2.45, 2.75) is 25.3 Å². The van der Waals surface area contributed by atoms with Crippen LogP contribution in [0.2, 0.25) is 0 Å². The molecule has 2 aromatic rings. The van der Waals surface area contributed by atoms with Crippen molar-refractivity contribution in [2.24, 2.45) is 0 Å². The van der Waals surface area contributed by atoms with Crippen LogP contribution < -0.4 is 15.4 Å². The smallest absolute Gasteiger partial charge is 0.251 e. The van der Waals surface area contributed by atoms with Gasteiger partial charge in [-0.3, -0.25) is 9.59 Å². The first kappa shape index (κ1) is 25.7. The summed E-state index contributed by atoms with van der Waals surface area (Å²) in [5.41, 5.74) is 1.06. The average Bonchev–Trinajstić information content (AvgIpc) is 2.86. The van der Waals surface area contributed by atoms with Crippen molar-refractivity contribution < 1.29 is 22.7 Å². The van der Waals surface area contributed by atoms with Crippen LogP contribution in [0.3, 0.4) is 0 Å². The zero-order valence-electron chi connectivity index (χ0n) is 19.6. The largest absolute Gasteiger partial charge is 0.492 e. The minimum Gasteiger partial charge on any atom is -0.492 e. The van der Waals surface area contributed by atoms with E-state index in [1.165, 1.54) is 18.2 Å². The minimum atomic E-state index is -3.88. The van der Waals surface area contributed by atoms with Gasteiger partial charge in [0.1, 0.15) is 12.4 Å². The van der Waals surface area contributed by atoms with Crippen LogP contribution in [0.5, 0.6) is 5.75 Å². The first-order chi connectivity index (χ1) is 16.3. The highest BCUT2D eigenvalue weighted by Crippen LogP contribution is 2.20. The summed E-state index contributed by atoms with van der Waals surface area (Å²) in [6.07, 6.45) is 0. The molecular weight excluding hydrogens is 456 g/mol. The Labute approximate surface area is 201 Å². The number of sulfonamides is 1. The topological polar surface area (TPSA) is 108 Å². The van der Waals surface area contributed by atoms with Crippen LogP contribution in [0, 0.1) is 0 Å². The van der Waals surface area contributed by atoms with E-state index in [1.54, 1.807) is 6.07 Å². The second-order valence-corrected chi connectivity index (χ2v) is 9.82. The number of piperazine rings is 1. The molecule has 1 aliphatic rings. The van der Waals surface area contributed by atoms with E-state index in [-0.39, 0.29) is 42.5 Å². The first-order valence-electron chi connectivity index (χ1n) is 11.4. The summed E-state index contributed by atoms with van der Waals surface area (Å²) in [6.45, 7) is 7.94. The van der Waals surface area contributed by atoms with Gasteiger partial charge in [-0.05, 0) is 37.4 Å². The number of ether oxygens (including phenoxy) is 1. The molecule has 0 spiro atoms. The van der Waals surface area contributed by atoms with Crippen molar-refractivity contribution in [2.75, 3.05) is 45.9 Å². The summed E-state index contributed by atoms with van der Waals surface area (Å²) in [5, 5.41) is 5.44. The molecule has 3 rings (SSSR count). The molecule has 0 unspecified atom stereocenters. The zero-order valence-corrected chi connectivity index (χ0v) is 20.4. The quantitative estimate of drug-likeness (QED) is 0.496. The van der Waals surface area contributed by atoms with Crippen LogP contribution in [0.15, 0.2) is 53.4 Å². The standard InChI is InChI=1S/C24H32N4O5S/c1-3-27(4-2)14-15-33-22-11-6-5-8-20(22)17-26-24(30)19-9-7-10-21(16-19)34(31,32)28-13-12-25-23(29)18-28/h5-11,16H,3-4,12-15,17-18H2,1-2H3,(H,25,29)(H,26,30). The van der Waals surface area contributed by atoms with Gasteiger partial charge < -0.3 is 20.3 Å². The normalized spacial score (nSPS) is 14.6. The van der Waals surface area contributed by atoms with E-state index in [0.29, 0.717) is 12.4 Å². The maximum absolute atomic E-state index is 12.9. The number of amides is 2. The van der Waals surface area contributed by atoms with Crippen LogP contribution in [-0.4, -0.2) is 75.3 Å². The summed E-state index contributed by atoms with van der Waals surface area (Å²) in [7, 11) is -3.88. The van der Waals surface area contributed by atoms with Crippen molar-refractivity contribution in [1.29, 1.82) is 0 Å². The van der Waals surface area contributed by atoms with E-state index in [4.69, 9.17) is 4.74 Å². The van der Waals surface area contributed by atoms with Gasteiger partial charge in [-0.2, -0.15) is 4.31 Å². The molecule has 0 bridgehead atoms. The summed E-state index contributed by atoms with van der Waals surface area (Å²) >= 11 is 0. The van der Waals surface area contributed by atoms with Crippen molar-refractivity contribution in [3.05, 3.63) is 59.7 Å². The Morgan fingerprint density at radius 3 is 2.65 bits per heavy atom. The van der Waals surface area contributed by atoms with E-state index >= 15 is 0 Å². The lowest BCUT2D eigenvalue weighted by molar-refractivity contribution is -0.122. The average molecular weight is 489 g/mol. The Balaban J connectivity index is 1.64. The Kier molecular flexibility index (Phi) is 9.03. The Hall–Kier alpha value is -2.95. The second-order valence-electron chi connectivity index (χ2n) is 7.88. The SMILES string of the molecule is CCN(CC)CCOc1ccccc1CNC(=O)c1cccc(S(=O)(=O)N2CCNC(=O)C2)c1. The molecule has 2 aromatic carbocycles. The molecule has 0 aromatic heterocycles. The number of hydrogen-bond acceptors (Lipinski definition) is 6. The molecule has 0 aliphatic carbocycles. The third kappa shape index (κ3) is 6.55. The maximum atomic E-state index is 12.9. The molecule has 1 aliphatic heterocycles. The molecule has 0 radical (unpaired) electrons. The van der Waals surface area contributed by atoms with Gasteiger partial charge in [0, 0.05) is 37.3 Å². The van der Waals surface area contributed by atoms with Crippen molar-refractivity contribution in [1.82, 2.24) is 19.8 Å². The molecule has 10 heteroatoms. The Bertz CT molecular complexity index is 1100. The highest BCUT2D eigenvalue weighted by Gasteiger charge is 2.29. The lowest BCUT2D eigenvalue weighted by atomic mass is 10.1. The fraction of sp³-hybridized carbons (Fsp3) is 0.417. The van der Waals surface area contributed by atoms with Crippen LogP contribution >= 0.6 is 0 Å². The molecule has 34 heavy (non-hydrogen) atoms. The predicted molar refractivity (Wildman–Crippen MR) is 129 cm³/mol. The number of nitrogens with zero attached hydrogens (tertiary/aromatic N) is 2. The lowest BCUT2D eigenvalue weighted by Crippen LogP contribution is -2.49. The van der Waals surface area contributed by atoms with Crippen LogP contribution in [0.25, 0.3) is 0 Å². The van der Waals surface area contributed by atoms with Crippen molar-refractivity contribution in [3.63, 3.8) is 0 Å². The molecule has 0 saturated carbocycles. The number of likely N-dealkylation sites (N-methyl/N-ethyl adjacent to an activating group) is 1. The fourth-order valence-corrected chi connectivity index (χ4v) is 5.10. The summed E-state index contributed by atoms with van der Waals surface area (Å²) in [6, 6.07) is 13.4. The molecule has 2 N–H and O–H groups in total. The van der Waals surface area contributed by atoms with Gasteiger partial charge in [0.2, 0.25) is 15.9 Å². The summed E-state index contributed by atoms with van der Waals surface area (Å²) < 4.78 is 32.9. The van der Waals surface area contributed by atoms with Gasteiger partial charge in [-0.25, -0.2) is 8.42 Å². The summed E-state index contributed by atoms with van der Waals surface area (Å²) in [5.74, 6) is -0.0391. The van der Waals surface area contributed by atoms with E-state index in [0.717, 1.165) is 29.5 Å². The number of hydrogen-bond donors (Lipinski definition) is 2. The molecule has 9 nitrogen and oxygen atoms in total. The van der Waals surface area contributed by atoms with Gasteiger partial charge >= 0.3 is 0 Å². The number of benzene rings is 2. The van der Waals surface area contributed by atoms with Crippen molar-refractivity contribution >= 4 is 21.8 Å². The Morgan fingerprint density at radius 1 is 1.15 bits per heavy atom. The molecule has 1 heterocycles. The van der Waals surface area contributed by atoms with Crippen LogP contribution in [0.1, 0.15) is 29.8 Å². The molecule has 2 amide bonds. The zero-order chi connectivity index (χ0) is 24.6. The van der Waals surface area contributed by atoms with Gasteiger partial charge in [-0.15, -0.1) is 0 Å². The lowest BCUT2D eigenvalue weighted by Gasteiger charge is -2.26. The van der Waals surface area contributed by atoms with Gasteiger partial charge in [0.05, 0.1) is 11.4 Å². The number of carbonyl (C=O) groups excluding carboxylic acids is 2. The van der Waals surface area contributed by atoms with Crippen molar-refractivity contribution in [3.8, 4) is 5.75 Å². The number of carbonyl (C=O) groups is 2. The van der Waals surface area contributed by atoms with Gasteiger partial charge in [-0.1, -0.05) is 38.1 Å². The highest BCUT2D eigenvalue weighted by atomic mass is 32.2. The summed E-state index contributed by atoms with van der Waals surface area (Å²) in [4.78, 5) is 26.6. The van der Waals surface area contributed by atoms with Gasteiger partial charge in [0.15, 0.2) is 0 Å². The molecule has 1 fully saturated rings. The number of para-hydroxylation sites is 1.